The molecule has 0 rings (SSSR count). The Morgan fingerprint density at radius 2 is 1.67 bits per heavy atom. The van der Waals surface area contributed by atoms with E-state index < -0.39 is 37.3 Å². The lowest BCUT2D eigenvalue weighted by Crippen LogP contribution is -2.44. The van der Waals surface area contributed by atoms with Crippen LogP contribution in [-0.2, 0) is 4.79 Å². The molecule has 0 aliphatic heterocycles. The van der Waals surface area contributed by atoms with Crippen molar-refractivity contribution in [3.05, 3.63) is 0 Å². The van der Waals surface area contributed by atoms with Crippen LogP contribution in [-0.4, -0.2) is 62.8 Å². The summed E-state index contributed by atoms with van der Waals surface area (Å²) in [6.07, 6.45) is -5.22. The zero-order chi connectivity index (χ0) is 9.72. The number of carbonyl (C=O) groups is 1. The molecule has 0 aromatic rings. The van der Waals surface area contributed by atoms with Crippen molar-refractivity contribution in [2.75, 3.05) is 13.2 Å². The summed E-state index contributed by atoms with van der Waals surface area (Å²) in [5.74, 6) is -1.00. The number of ketones is 1. The summed E-state index contributed by atoms with van der Waals surface area (Å²) in [5, 5.41) is 43.1. The standard InChI is InChI=1S/C6H12O6/c7-1-3(9)5(11)6(12)4(10)2-8/h3,5-9,11-12H,1-2H2/t3-,5+,6+/m0/s1/i3+1,4+1. The van der Waals surface area contributed by atoms with Crippen molar-refractivity contribution in [2.24, 2.45) is 0 Å². The minimum Gasteiger partial charge on any atom is -0.394 e. The van der Waals surface area contributed by atoms with Crippen LogP contribution in [0.4, 0.5) is 0 Å². The number of aliphatic hydroxyl groups excluding tert-OH is 5. The summed E-state index contributed by atoms with van der Waals surface area (Å²) in [4.78, 5) is 10.5. The molecule has 72 valence electrons. The van der Waals surface area contributed by atoms with Gasteiger partial charge in [-0.15, -0.1) is 0 Å². The van der Waals surface area contributed by atoms with Crippen molar-refractivity contribution < 1.29 is 30.3 Å². The molecular weight excluding hydrogens is 170 g/mol. The molecule has 0 aliphatic carbocycles. The highest BCUT2D eigenvalue weighted by Gasteiger charge is 2.28. The second kappa shape index (κ2) is 5.18. The lowest BCUT2D eigenvalue weighted by Gasteiger charge is -2.19. The molecule has 0 aromatic heterocycles. The molecule has 0 aromatic carbocycles. The molecule has 0 amide bonds. The normalized spacial score (nSPS) is 18.4. The maximum atomic E-state index is 10.5. The number of hydrogen-bond donors (Lipinski definition) is 5. The number of aliphatic hydroxyl groups is 5. The van der Waals surface area contributed by atoms with E-state index in [1.165, 1.54) is 0 Å². The maximum absolute atomic E-state index is 10.5. The van der Waals surface area contributed by atoms with Crippen molar-refractivity contribution in [1.82, 2.24) is 0 Å². The van der Waals surface area contributed by atoms with Gasteiger partial charge in [-0.05, 0) is 0 Å². The molecule has 0 saturated heterocycles. The number of rotatable bonds is 5. The molecule has 6 nitrogen and oxygen atoms in total. The molecule has 0 radical (unpaired) electrons. The lowest BCUT2D eigenvalue weighted by atomic mass is 10.3. The first-order chi connectivity index (χ1) is 5.54. The predicted octanol–water partition coefficient (Wildman–Crippen LogP) is -3.38. The molecule has 5 N–H and O–H groups in total. The molecule has 0 unspecified atom stereocenters. The Morgan fingerprint density at radius 3 is 2.00 bits per heavy atom. The van der Waals surface area contributed by atoms with Gasteiger partial charge in [-0.1, -0.05) is 0 Å². The van der Waals surface area contributed by atoms with Gasteiger partial charge < -0.3 is 25.5 Å². The summed E-state index contributed by atoms with van der Waals surface area (Å²) in [5.41, 5.74) is 0. The van der Waals surface area contributed by atoms with Crippen LogP contribution in [0, 0.1) is 0 Å². The van der Waals surface area contributed by atoms with E-state index >= 15 is 0 Å². The smallest absolute Gasteiger partial charge is 0.189 e. The van der Waals surface area contributed by atoms with E-state index in [2.05, 4.69) is 0 Å². The van der Waals surface area contributed by atoms with E-state index in [1.807, 2.05) is 0 Å². The van der Waals surface area contributed by atoms with E-state index in [1.54, 1.807) is 0 Å². The molecule has 0 bridgehead atoms. The summed E-state index contributed by atoms with van der Waals surface area (Å²) < 4.78 is 0. The zero-order valence-corrected chi connectivity index (χ0v) is 6.29. The van der Waals surface area contributed by atoms with Crippen LogP contribution in [0.1, 0.15) is 0 Å². The Labute approximate surface area is 68.7 Å². The van der Waals surface area contributed by atoms with Crippen LogP contribution in [0.15, 0.2) is 0 Å². The van der Waals surface area contributed by atoms with Crippen molar-refractivity contribution in [1.29, 1.82) is 0 Å². The minimum absolute atomic E-state index is 0.767. The minimum atomic E-state index is -1.86. The van der Waals surface area contributed by atoms with Gasteiger partial charge in [0.25, 0.3) is 0 Å². The molecule has 0 fully saturated rings. The van der Waals surface area contributed by atoms with Gasteiger partial charge in [-0.2, -0.15) is 0 Å². The van der Waals surface area contributed by atoms with Crippen LogP contribution < -0.4 is 0 Å². The fraction of sp³-hybridized carbons (Fsp3) is 0.833. The van der Waals surface area contributed by atoms with E-state index in [-0.39, 0.29) is 0 Å². The monoisotopic (exact) mass is 182 g/mol. The van der Waals surface area contributed by atoms with Crippen LogP contribution in [0.3, 0.4) is 0 Å². The third-order valence-electron chi connectivity index (χ3n) is 1.39. The van der Waals surface area contributed by atoms with Gasteiger partial charge in [0.2, 0.25) is 0 Å². The Bertz CT molecular complexity index is 147. The highest BCUT2D eigenvalue weighted by atomic mass is 16.4. The largest absolute Gasteiger partial charge is 0.394 e. The molecule has 0 saturated carbocycles. The van der Waals surface area contributed by atoms with Gasteiger partial charge in [0.05, 0.1) is 6.61 Å². The highest BCUT2D eigenvalue weighted by molar-refractivity contribution is 5.84. The second-order valence-electron chi connectivity index (χ2n) is 2.31. The molecule has 0 aliphatic rings. The van der Waals surface area contributed by atoms with E-state index in [9.17, 15) is 4.79 Å². The Morgan fingerprint density at radius 1 is 1.17 bits per heavy atom. The lowest BCUT2D eigenvalue weighted by molar-refractivity contribution is -0.142. The summed E-state index contributed by atoms with van der Waals surface area (Å²) in [7, 11) is 0. The molecular formula is C6H12O6. The first-order valence-corrected chi connectivity index (χ1v) is 3.33. The van der Waals surface area contributed by atoms with Crippen molar-refractivity contribution in [3.8, 4) is 0 Å². The van der Waals surface area contributed by atoms with Crippen LogP contribution >= 0.6 is 0 Å². The number of Topliss-reactive ketones (excluding diaryl/α,β-unsaturated/α-hetero) is 1. The highest BCUT2D eigenvalue weighted by Crippen LogP contribution is 2.00. The van der Waals surface area contributed by atoms with Crippen molar-refractivity contribution in [2.45, 2.75) is 18.3 Å². The van der Waals surface area contributed by atoms with E-state index in [4.69, 9.17) is 25.5 Å². The zero-order valence-electron chi connectivity index (χ0n) is 6.29. The third-order valence-corrected chi connectivity index (χ3v) is 1.39. The van der Waals surface area contributed by atoms with Crippen molar-refractivity contribution in [3.63, 3.8) is 0 Å². The Kier molecular flexibility index (Phi) is 4.95. The van der Waals surface area contributed by atoms with Crippen molar-refractivity contribution >= 4 is 5.78 Å². The fourth-order valence-electron chi connectivity index (χ4n) is 0.602. The van der Waals surface area contributed by atoms with Gasteiger partial charge in [0.1, 0.15) is 24.9 Å². The summed E-state index contributed by atoms with van der Waals surface area (Å²) in [6, 6.07) is 0. The quantitative estimate of drug-likeness (QED) is 0.283. The Hall–Kier alpha value is -0.530. The molecule has 12 heavy (non-hydrogen) atoms. The van der Waals surface area contributed by atoms with E-state index in [0.29, 0.717) is 0 Å². The molecule has 0 heterocycles. The van der Waals surface area contributed by atoms with Crippen LogP contribution in [0.25, 0.3) is 0 Å². The summed E-state index contributed by atoms with van der Waals surface area (Å²) >= 11 is 0. The van der Waals surface area contributed by atoms with Gasteiger partial charge in [0.15, 0.2) is 5.78 Å². The molecule has 6 heteroatoms. The molecule has 3 atom stereocenters. The van der Waals surface area contributed by atoms with Crippen LogP contribution in [0.5, 0.6) is 0 Å². The number of carbonyl (C=O) groups excluding carboxylic acids is 1. The average molecular weight is 182 g/mol. The third kappa shape index (κ3) is 2.84. The van der Waals surface area contributed by atoms with Gasteiger partial charge in [0, 0.05) is 0 Å². The summed E-state index contributed by atoms with van der Waals surface area (Å²) in [6.45, 7) is -1.69. The fourth-order valence-corrected chi connectivity index (χ4v) is 0.602. The topological polar surface area (TPSA) is 118 Å². The maximum Gasteiger partial charge on any atom is 0.189 e. The second-order valence-corrected chi connectivity index (χ2v) is 2.31. The average Bonchev–Trinajstić information content (AvgIpc) is 2.12. The van der Waals surface area contributed by atoms with Gasteiger partial charge in [-0.25, -0.2) is 0 Å². The predicted molar refractivity (Wildman–Crippen MR) is 37.2 cm³/mol. The first-order valence-electron chi connectivity index (χ1n) is 3.33. The van der Waals surface area contributed by atoms with E-state index in [0.717, 1.165) is 0 Å². The van der Waals surface area contributed by atoms with Gasteiger partial charge in [-0.3, -0.25) is 4.79 Å². The van der Waals surface area contributed by atoms with Crippen LogP contribution in [0.2, 0.25) is 0 Å². The van der Waals surface area contributed by atoms with Gasteiger partial charge >= 0.3 is 0 Å². The first kappa shape index (κ1) is 11.5. The Balaban J connectivity index is 4.08. The SMILES string of the molecule is O=[13C](CO)[C@@H](O)[C@H](O)[13C@@H](O)CO. The number of hydrogen-bond acceptors (Lipinski definition) is 6. The molecule has 0 spiro atoms.